The molecule has 2 aliphatic rings. The van der Waals surface area contributed by atoms with Gasteiger partial charge in [0.1, 0.15) is 5.78 Å². The van der Waals surface area contributed by atoms with E-state index in [0.717, 1.165) is 10.8 Å². The van der Waals surface area contributed by atoms with Crippen molar-refractivity contribution in [1.82, 2.24) is 4.31 Å². The minimum absolute atomic E-state index is 0.00537. The van der Waals surface area contributed by atoms with Crippen LogP contribution in [-0.2, 0) is 14.8 Å². The fraction of sp³-hybridized carbons (Fsp3) is 0.500. The molecule has 27 heavy (non-hydrogen) atoms. The van der Waals surface area contributed by atoms with Crippen molar-refractivity contribution in [3.8, 4) is 0 Å². The van der Waals surface area contributed by atoms with Gasteiger partial charge in [-0.15, -0.1) is 0 Å². The first-order valence-corrected chi connectivity index (χ1v) is 11.6. The third-order valence-electron chi connectivity index (χ3n) is 5.55. The number of sulfonamides is 1. The molecule has 1 aromatic rings. The van der Waals surface area contributed by atoms with Gasteiger partial charge in [-0.3, -0.25) is 14.9 Å². The first-order valence-electron chi connectivity index (χ1n) is 8.64. The van der Waals surface area contributed by atoms with Crippen molar-refractivity contribution in [2.45, 2.75) is 49.6 Å². The number of piperidine rings is 1. The third-order valence-corrected chi connectivity index (χ3v) is 8.29. The summed E-state index contributed by atoms with van der Waals surface area (Å²) in [6, 6.07) is 4.36. The number of carbonyl (C=O) groups is 1. The fourth-order valence-electron chi connectivity index (χ4n) is 3.94. The van der Waals surface area contributed by atoms with E-state index >= 15 is 0 Å². The van der Waals surface area contributed by atoms with Gasteiger partial charge in [-0.1, -0.05) is 48.6 Å². The lowest BCUT2D eigenvalue weighted by Gasteiger charge is -2.49. The fourth-order valence-corrected chi connectivity index (χ4v) is 6.35. The number of hydrogen-bond acceptors (Lipinski definition) is 5. The number of non-ortho nitro benzene ring substituents is 1. The highest BCUT2D eigenvalue weighted by atomic mass is 127. The van der Waals surface area contributed by atoms with Crippen LogP contribution in [0.1, 0.15) is 33.1 Å². The van der Waals surface area contributed by atoms with Crippen molar-refractivity contribution in [2.75, 3.05) is 4.43 Å². The van der Waals surface area contributed by atoms with Crippen LogP contribution in [0.3, 0.4) is 0 Å². The van der Waals surface area contributed by atoms with Crippen LogP contribution >= 0.6 is 22.6 Å². The van der Waals surface area contributed by atoms with Gasteiger partial charge < -0.3 is 0 Å². The molecule has 2 heterocycles. The maximum Gasteiger partial charge on any atom is 0.269 e. The van der Waals surface area contributed by atoms with Crippen molar-refractivity contribution in [3.63, 3.8) is 0 Å². The Morgan fingerprint density at radius 2 is 1.93 bits per heavy atom. The maximum absolute atomic E-state index is 13.5. The average molecular weight is 504 g/mol. The van der Waals surface area contributed by atoms with Gasteiger partial charge in [0.25, 0.3) is 5.69 Å². The number of benzene rings is 1. The monoisotopic (exact) mass is 504 g/mol. The van der Waals surface area contributed by atoms with Crippen LogP contribution in [0.2, 0.25) is 0 Å². The number of hydrogen-bond donors (Lipinski definition) is 0. The predicted molar refractivity (Wildman–Crippen MR) is 109 cm³/mol. The van der Waals surface area contributed by atoms with Crippen molar-refractivity contribution in [2.24, 2.45) is 5.41 Å². The largest absolute Gasteiger partial charge is 0.299 e. The molecule has 9 heteroatoms. The Morgan fingerprint density at radius 1 is 1.30 bits per heavy atom. The predicted octanol–water partition coefficient (Wildman–Crippen LogP) is 3.48. The Bertz CT molecular complexity index is 910. The van der Waals surface area contributed by atoms with Crippen LogP contribution in [0.5, 0.6) is 0 Å². The van der Waals surface area contributed by atoms with E-state index in [-0.39, 0.29) is 22.8 Å². The van der Waals surface area contributed by atoms with Crippen LogP contribution in [0.25, 0.3) is 0 Å². The zero-order valence-electron chi connectivity index (χ0n) is 15.1. The van der Waals surface area contributed by atoms with Gasteiger partial charge in [0.15, 0.2) is 0 Å². The number of nitro groups is 1. The zero-order valence-corrected chi connectivity index (χ0v) is 18.1. The summed E-state index contributed by atoms with van der Waals surface area (Å²) in [5.41, 5.74) is -1.85. The Hall–Kier alpha value is -1.33. The number of ketones is 1. The van der Waals surface area contributed by atoms with Gasteiger partial charge in [0.05, 0.1) is 21.4 Å². The van der Waals surface area contributed by atoms with E-state index in [4.69, 9.17) is 0 Å². The van der Waals surface area contributed by atoms with Gasteiger partial charge in [-0.05, 0) is 29.4 Å². The van der Waals surface area contributed by atoms with Crippen LogP contribution in [-0.4, -0.2) is 39.4 Å². The molecule has 0 aromatic heterocycles. The van der Waals surface area contributed by atoms with E-state index in [1.54, 1.807) is 13.8 Å². The highest BCUT2D eigenvalue weighted by Crippen LogP contribution is 2.50. The SMILES string of the molecule is CC1(C)C(=O)C[C@]2(CCCI)C=C[C@H]1N2S(=O)(=O)c1ccc([N+](=O)[O-])cc1. The minimum atomic E-state index is -3.93. The molecule has 0 saturated carbocycles. The first kappa shape index (κ1) is 20.4. The summed E-state index contributed by atoms with van der Waals surface area (Å²) in [5.74, 6) is 0.0566. The molecule has 146 valence electrons. The number of carbonyl (C=O) groups excluding carboxylic acids is 1. The highest BCUT2D eigenvalue weighted by Gasteiger charge is 2.60. The highest BCUT2D eigenvalue weighted by molar-refractivity contribution is 14.1. The maximum atomic E-state index is 13.5. The van der Waals surface area contributed by atoms with Gasteiger partial charge in [-0.2, -0.15) is 4.31 Å². The second-order valence-electron chi connectivity index (χ2n) is 7.57. The summed E-state index contributed by atoms with van der Waals surface area (Å²) in [7, 11) is -3.93. The number of rotatable bonds is 6. The molecule has 0 aliphatic carbocycles. The topological polar surface area (TPSA) is 97.6 Å². The molecule has 1 aromatic carbocycles. The Labute approximate surface area is 172 Å². The summed E-state index contributed by atoms with van der Waals surface area (Å²) in [6.45, 7) is 3.55. The number of halogens is 1. The molecule has 1 fully saturated rings. The molecule has 0 radical (unpaired) electrons. The van der Waals surface area contributed by atoms with E-state index in [1.165, 1.54) is 28.6 Å². The summed E-state index contributed by atoms with van der Waals surface area (Å²) in [5, 5.41) is 10.9. The van der Waals surface area contributed by atoms with E-state index < -0.39 is 31.9 Å². The first-order chi connectivity index (χ1) is 12.6. The molecule has 0 unspecified atom stereocenters. The van der Waals surface area contributed by atoms with Crippen LogP contribution in [0.15, 0.2) is 41.3 Å². The quantitative estimate of drug-likeness (QED) is 0.194. The van der Waals surface area contributed by atoms with Gasteiger partial charge in [0, 0.05) is 24.0 Å². The standard InChI is InChI=1S/C18H21IN2O5S/c1-17(2)15-8-10-18(9-3-11-19,12-16(17)22)20(15)27(25,26)14-6-4-13(5-7-14)21(23)24/h4-8,10,15H,3,9,11-12H2,1-2H3/t15-,18+/m1/s1. The minimum Gasteiger partial charge on any atom is -0.299 e. The Balaban J connectivity index is 2.08. The molecular formula is C18H21IN2O5S. The van der Waals surface area contributed by atoms with E-state index in [2.05, 4.69) is 22.6 Å². The van der Waals surface area contributed by atoms with Crippen molar-refractivity contribution in [3.05, 3.63) is 46.5 Å². The number of nitrogens with zero attached hydrogens (tertiary/aromatic N) is 2. The molecule has 2 aliphatic heterocycles. The number of Topliss-reactive ketones (excluding diaryl/α,β-unsaturated/α-hetero) is 1. The number of fused-ring (bicyclic) bond motifs is 2. The van der Waals surface area contributed by atoms with Crippen molar-refractivity contribution >= 4 is 44.1 Å². The average Bonchev–Trinajstić information content (AvgIpc) is 2.96. The lowest BCUT2D eigenvalue weighted by molar-refractivity contribution is -0.384. The van der Waals surface area contributed by atoms with Gasteiger partial charge in [-0.25, -0.2) is 8.42 Å². The Kier molecular flexibility index (Phi) is 5.23. The third kappa shape index (κ3) is 3.23. The molecule has 0 spiro atoms. The lowest BCUT2D eigenvalue weighted by atomic mass is 9.73. The van der Waals surface area contributed by atoms with Crippen molar-refractivity contribution < 1.29 is 18.1 Å². The van der Waals surface area contributed by atoms with Crippen LogP contribution in [0, 0.1) is 15.5 Å². The molecule has 3 rings (SSSR count). The van der Waals surface area contributed by atoms with E-state index in [1.807, 2.05) is 12.2 Å². The summed E-state index contributed by atoms with van der Waals surface area (Å²) >= 11 is 2.24. The van der Waals surface area contributed by atoms with Gasteiger partial charge in [0.2, 0.25) is 10.0 Å². The molecule has 2 atom stereocenters. The normalized spacial score (nSPS) is 27.1. The summed E-state index contributed by atoms with van der Waals surface area (Å²) in [6.07, 6.45) is 5.21. The Morgan fingerprint density at radius 3 is 2.48 bits per heavy atom. The molecule has 0 N–H and O–H groups in total. The van der Waals surface area contributed by atoms with Crippen LogP contribution < -0.4 is 0 Å². The molecule has 2 bridgehead atoms. The second-order valence-corrected chi connectivity index (χ2v) is 10.5. The molecule has 1 saturated heterocycles. The van der Waals surface area contributed by atoms with E-state index in [0.29, 0.717) is 6.42 Å². The van der Waals surface area contributed by atoms with Crippen molar-refractivity contribution in [1.29, 1.82) is 0 Å². The van der Waals surface area contributed by atoms with Gasteiger partial charge >= 0.3 is 0 Å². The smallest absolute Gasteiger partial charge is 0.269 e. The van der Waals surface area contributed by atoms with E-state index in [9.17, 15) is 23.3 Å². The zero-order chi connectivity index (χ0) is 20.0. The molecular weight excluding hydrogens is 483 g/mol. The number of alkyl halides is 1. The lowest BCUT2D eigenvalue weighted by Crippen LogP contribution is -2.62. The summed E-state index contributed by atoms with van der Waals surface area (Å²) < 4.78 is 29.3. The second kappa shape index (κ2) is 6.93. The molecule has 7 nitrogen and oxygen atoms in total. The number of nitro benzene ring substituents is 1. The summed E-state index contributed by atoms with van der Waals surface area (Å²) in [4.78, 5) is 23.0. The van der Waals surface area contributed by atoms with Crippen LogP contribution in [0.4, 0.5) is 5.69 Å². The molecule has 0 amide bonds.